The van der Waals surface area contributed by atoms with Gasteiger partial charge < -0.3 is 14.3 Å². The van der Waals surface area contributed by atoms with Crippen LogP contribution in [-0.2, 0) is 4.79 Å². The van der Waals surface area contributed by atoms with Gasteiger partial charge in [0.1, 0.15) is 17.6 Å². The summed E-state index contributed by atoms with van der Waals surface area (Å²) in [5, 5.41) is 9.84. The lowest BCUT2D eigenvalue weighted by Gasteiger charge is -2.10. The van der Waals surface area contributed by atoms with Gasteiger partial charge in [0.05, 0.1) is 10.9 Å². The topological polar surface area (TPSA) is 76.7 Å². The van der Waals surface area contributed by atoms with Crippen molar-refractivity contribution >= 4 is 28.5 Å². The van der Waals surface area contributed by atoms with Crippen molar-refractivity contribution in [1.29, 1.82) is 0 Å². The highest BCUT2D eigenvalue weighted by Crippen LogP contribution is 2.24. The van der Waals surface area contributed by atoms with Crippen LogP contribution in [0.25, 0.3) is 22.1 Å². The van der Waals surface area contributed by atoms with Gasteiger partial charge in [-0.2, -0.15) is 0 Å². The highest BCUT2D eigenvalue weighted by Gasteiger charge is 2.14. The van der Waals surface area contributed by atoms with Crippen LogP contribution in [0.5, 0.6) is 5.75 Å². The van der Waals surface area contributed by atoms with E-state index in [-0.39, 0.29) is 5.43 Å². The smallest absolute Gasteiger partial charge is 0.344 e. The molecule has 0 aliphatic rings. The van der Waals surface area contributed by atoms with Gasteiger partial charge in [0.15, 0.2) is 11.5 Å². The molecule has 0 amide bonds. The molecule has 24 heavy (non-hydrogen) atoms. The SMILES string of the molecule is C[C@@H](Oc1ccc2c(=O)c(-c3ccc(Cl)cc3)coc2c1)C(=O)O. The molecule has 1 aromatic heterocycles. The minimum atomic E-state index is -1.07. The van der Waals surface area contributed by atoms with Crippen LogP contribution < -0.4 is 10.2 Å². The van der Waals surface area contributed by atoms with Crippen LogP contribution >= 0.6 is 11.6 Å². The van der Waals surface area contributed by atoms with E-state index in [9.17, 15) is 9.59 Å². The first-order valence-electron chi connectivity index (χ1n) is 7.16. The molecule has 1 atom stereocenters. The van der Waals surface area contributed by atoms with Crippen LogP contribution in [-0.4, -0.2) is 17.2 Å². The standard InChI is InChI=1S/C18H13ClO5/c1-10(18(21)22)24-13-6-7-14-16(8-13)23-9-15(17(14)20)11-2-4-12(19)5-3-11/h2-10H,1H3,(H,21,22)/t10-/m1/s1. The summed E-state index contributed by atoms with van der Waals surface area (Å²) in [4.78, 5) is 23.5. The van der Waals surface area contributed by atoms with Crippen molar-refractivity contribution in [1.82, 2.24) is 0 Å². The molecule has 3 aromatic rings. The number of ether oxygens (including phenoxy) is 1. The fraction of sp³-hybridized carbons (Fsp3) is 0.111. The Balaban J connectivity index is 2.02. The molecule has 3 rings (SSSR count). The Labute approximate surface area is 142 Å². The number of aliphatic carboxylic acids is 1. The first-order chi connectivity index (χ1) is 11.5. The third kappa shape index (κ3) is 3.12. The number of carbonyl (C=O) groups is 1. The molecule has 0 bridgehead atoms. The van der Waals surface area contributed by atoms with E-state index < -0.39 is 12.1 Å². The highest BCUT2D eigenvalue weighted by molar-refractivity contribution is 6.30. The van der Waals surface area contributed by atoms with Gasteiger partial charge in [-0.25, -0.2) is 4.79 Å². The van der Waals surface area contributed by atoms with Gasteiger partial charge in [0.2, 0.25) is 0 Å². The highest BCUT2D eigenvalue weighted by atomic mass is 35.5. The molecule has 0 radical (unpaired) electrons. The average Bonchev–Trinajstić information content (AvgIpc) is 2.56. The number of hydrogen-bond donors (Lipinski definition) is 1. The monoisotopic (exact) mass is 344 g/mol. The van der Waals surface area contributed by atoms with Gasteiger partial charge in [-0.1, -0.05) is 23.7 Å². The summed E-state index contributed by atoms with van der Waals surface area (Å²) in [6, 6.07) is 11.5. The van der Waals surface area contributed by atoms with Crippen LogP contribution in [0.15, 0.2) is 57.9 Å². The zero-order chi connectivity index (χ0) is 17.3. The molecule has 0 aliphatic carbocycles. The third-order valence-electron chi connectivity index (χ3n) is 3.56. The molecule has 0 spiro atoms. The fourth-order valence-electron chi connectivity index (χ4n) is 2.27. The van der Waals surface area contributed by atoms with Crippen molar-refractivity contribution in [3.8, 4) is 16.9 Å². The molecule has 2 aromatic carbocycles. The van der Waals surface area contributed by atoms with E-state index in [2.05, 4.69) is 0 Å². The van der Waals surface area contributed by atoms with Gasteiger partial charge in [0.25, 0.3) is 0 Å². The van der Waals surface area contributed by atoms with E-state index in [1.54, 1.807) is 36.4 Å². The minimum absolute atomic E-state index is 0.184. The molecule has 0 unspecified atom stereocenters. The van der Waals surface area contributed by atoms with Crippen molar-refractivity contribution in [2.45, 2.75) is 13.0 Å². The Hall–Kier alpha value is -2.79. The first kappa shape index (κ1) is 16.1. The number of hydrogen-bond acceptors (Lipinski definition) is 4. The lowest BCUT2D eigenvalue weighted by molar-refractivity contribution is -0.144. The van der Waals surface area contributed by atoms with Gasteiger partial charge in [-0.3, -0.25) is 4.79 Å². The minimum Gasteiger partial charge on any atom is -0.479 e. The first-order valence-corrected chi connectivity index (χ1v) is 7.54. The summed E-state index contributed by atoms with van der Waals surface area (Å²) in [7, 11) is 0. The predicted molar refractivity (Wildman–Crippen MR) is 90.7 cm³/mol. The lowest BCUT2D eigenvalue weighted by Crippen LogP contribution is -2.22. The van der Waals surface area contributed by atoms with Crippen molar-refractivity contribution in [2.24, 2.45) is 0 Å². The summed E-state index contributed by atoms with van der Waals surface area (Å²) < 4.78 is 10.8. The van der Waals surface area contributed by atoms with E-state index in [1.807, 2.05) is 0 Å². The quantitative estimate of drug-likeness (QED) is 0.775. The molecule has 6 heteroatoms. The van der Waals surface area contributed by atoms with Gasteiger partial charge >= 0.3 is 5.97 Å². The van der Waals surface area contributed by atoms with Crippen LogP contribution in [0.2, 0.25) is 5.02 Å². The van der Waals surface area contributed by atoms with Crippen molar-refractivity contribution in [3.05, 3.63) is 64.0 Å². The Morgan fingerprint density at radius 2 is 1.92 bits per heavy atom. The molecule has 5 nitrogen and oxygen atoms in total. The number of benzene rings is 2. The number of carboxylic acid groups (broad SMARTS) is 1. The number of halogens is 1. The summed E-state index contributed by atoms with van der Waals surface area (Å²) in [6.07, 6.45) is 0.376. The van der Waals surface area contributed by atoms with Gasteiger partial charge in [0, 0.05) is 11.1 Å². The normalized spacial score (nSPS) is 12.1. The third-order valence-corrected chi connectivity index (χ3v) is 3.81. The van der Waals surface area contributed by atoms with Gasteiger partial charge in [-0.05, 0) is 36.8 Å². The molecular formula is C18H13ClO5. The Morgan fingerprint density at radius 3 is 2.58 bits per heavy atom. The van der Waals surface area contributed by atoms with Crippen LogP contribution in [0.1, 0.15) is 6.92 Å². The van der Waals surface area contributed by atoms with Gasteiger partial charge in [-0.15, -0.1) is 0 Å². The predicted octanol–water partition coefficient (Wildman–Crippen LogP) is 3.97. The van der Waals surface area contributed by atoms with E-state index in [0.29, 0.717) is 32.9 Å². The molecule has 1 N–H and O–H groups in total. The van der Waals surface area contributed by atoms with Crippen LogP contribution in [0.3, 0.4) is 0 Å². The van der Waals surface area contributed by atoms with E-state index >= 15 is 0 Å². The molecule has 0 fully saturated rings. The number of carboxylic acids is 1. The second-order valence-electron chi connectivity index (χ2n) is 5.24. The van der Waals surface area contributed by atoms with E-state index in [4.69, 9.17) is 25.9 Å². The molecule has 1 heterocycles. The summed E-state index contributed by atoms with van der Waals surface area (Å²) >= 11 is 5.86. The Kier molecular flexibility index (Phi) is 4.27. The molecular weight excluding hydrogens is 332 g/mol. The number of fused-ring (bicyclic) bond motifs is 1. The zero-order valence-electron chi connectivity index (χ0n) is 12.7. The maximum Gasteiger partial charge on any atom is 0.344 e. The summed E-state index contributed by atoms with van der Waals surface area (Å²) in [6.45, 7) is 1.42. The Morgan fingerprint density at radius 1 is 1.21 bits per heavy atom. The Bertz CT molecular complexity index is 959. The van der Waals surface area contributed by atoms with Crippen molar-refractivity contribution in [3.63, 3.8) is 0 Å². The second-order valence-corrected chi connectivity index (χ2v) is 5.68. The lowest BCUT2D eigenvalue weighted by atomic mass is 10.1. The van der Waals surface area contributed by atoms with Crippen LogP contribution in [0, 0.1) is 0 Å². The maximum absolute atomic E-state index is 12.6. The maximum atomic E-state index is 12.6. The molecule has 0 saturated heterocycles. The van der Waals surface area contributed by atoms with Crippen LogP contribution in [0.4, 0.5) is 0 Å². The fourth-order valence-corrected chi connectivity index (χ4v) is 2.39. The number of rotatable bonds is 4. The summed E-state index contributed by atoms with van der Waals surface area (Å²) in [5.41, 5.74) is 1.27. The molecule has 122 valence electrons. The van der Waals surface area contributed by atoms with Crippen molar-refractivity contribution < 1.29 is 19.1 Å². The summed E-state index contributed by atoms with van der Waals surface area (Å²) in [5.74, 6) is -0.755. The second kappa shape index (κ2) is 6.37. The largest absolute Gasteiger partial charge is 0.479 e. The molecule has 0 saturated carbocycles. The molecule has 0 aliphatic heterocycles. The average molecular weight is 345 g/mol. The zero-order valence-corrected chi connectivity index (χ0v) is 13.4. The van der Waals surface area contributed by atoms with E-state index in [1.165, 1.54) is 19.3 Å². The van der Waals surface area contributed by atoms with Crippen molar-refractivity contribution in [2.75, 3.05) is 0 Å². The van der Waals surface area contributed by atoms with E-state index in [0.717, 1.165) is 0 Å².